The SMILES string of the molecule is Cc1cc(C)n(CC2CCCCN2C(=O)CN2CSCC2=O)n1. The summed E-state index contributed by atoms with van der Waals surface area (Å²) in [5.41, 5.74) is 2.14. The van der Waals surface area contributed by atoms with Crippen LogP contribution >= 0.6 is 11.8 Å². The predicted molar refractivity (Wildman–Crippen MR) is 90.1 cm³/mol. The van der Waals surface area contributed by atoms with Crippen LogP contribution in [-0.4, -0.2) is 62.2 Å². The molecule has 3 heterocycles. The molecular formula is C16H24N4O2S. The van der Waals surface area contributed by atoms with Crippen molar-refractivity contribution in [3.05, 3.63) is 17.5 Å². The lowest BCUT2D eigenvalue weighted by Crippen LogP contribution is -2.50. The number of hydrogen-bond donors (Lipinski definition) is 0. The minimum absolute atomic E-state index is 0.0760. The molecule has 0 bridgehead atoms. The van der Waals surface area contributed by atoms with E-state index in [-0.39, 0.29) is 24.4 Å². The van der Waals surface area contributed by atoms with Crippen molar-refractivity contribution in [3.63, 3.8) is 0 Å². The van der Waals surface area contributed by atoms with Gasteiger partial charge in [0.25, 0.3) is 0 Å². The Morgan fingerprint density at radius 2 is 2.22 bits per heavy atom. The van der Waals surface area contributed by atoms with Crippen molar-refractivity contribution in [1.29, 1.82) is 0 Å². The molecule has 6 nitrogen and oxygen atoms in total. The Balaban J connectivity index is 1.67. The topological polar surface area (TPSA) is 58.4 Å². The normalized spacial score (nSPS) is 22.0. The van der Waals surface area contributed by atoms with Gasteiger partial charge >= 0.3 is 0 Å². The highest BCUT2D eigenvalue weighted by molar-refractivity contribution is 8.00. The van der Waals surface area contributed by atoms with E-state index in [2.05, 4.69) is 18.1 Å². The molecule has 23 heavy (non-hydrogen) atoms. The van der Waals surface area contributed by atoms with Crippen LogP contribution in [0.2, 0.25) is 0 Å². The van der Waals surface area contributed by atoms with Crippen LogP contribution in [-0.2, 0) is 16.1 Å². The average molecular weight is 336 g/mol. The maximum Gasteiger partial charge on any atom is 0.242 e. The molecule has 1 aromatic rings. The highest BCUT2D eigenvalue weighted by atomic mass is 32.2. The first-order valence-electron chi connectivity index (χ1n) is 8.20. The Morgan fingerprint density at radius 1 is 1.39 bits per heavy atom. The molecule has 2 aliphatic rings. The van der Waals surface area contributed by atoms with Crippen LogP contribution in [0, 0.1) is 13.8 Å². The molecule has 2 fully saturated rings. The lowest BCUT2D eigenvalue weighted by molar-refractivity contribution is -0.140. The second-order valence-corrected chi connectivity index (χ2v) is 7.37. The number of aromatic nitrogens is 2. The highest BCUT2D eigenvalue weighted by Gasteiger charge is 2.31. The molecule has 0 aromatic carbocycles. The van der Waals surface area contributed by atoms with Crippen LogP contribution < -0.4 is 0 Å². The number of thioether (sulfide) groups is 1. The van der Waals surface area contributed by atoms with Gasteiger partial charge < -0.3 is 9.80 Å². The molecule has 1 atom stereocenters. The Hall–Kier alpha value is -1.50. The molecule has 1 aromatic heterocycles. The minimum Gasteiger partial charge on any atom is -0.336 e. The molecule has 0 aliphatic carbocycles. The van der Waals surface area contributed by atoms with Crippen molar-refractivity contribution in [2.75, 3.05) is 24.7 Å². The zero-order chi connectivity index (χ0) is 16.4. The van der Waals surface area contributed by atoms with Gasteiger partial charge in [0.15, 0.2) is 0 Å². The third-order valence-electron chi connectivity index (χ3n) is 4.59. The molecule has 0 radical (unpaired) electrons. The van der Waals surface area contributed by atoms with Crippen LogP contribution in [0.3, 0.4) is 0 Å². The predicted octanol–water partition coefficient (Wildman–Crippen LogP) is 1.41. The molecule has 2 amide bonds. The number of hydrogen-bond acceptors (Lipinski definition) is 4. The number of likely N-dealkylation sites (tertiary alicyclic amines) is 1. The second-order valence-electron chi connectivity index (χ2n) is 6.42. The van der Waals surface area contributed by atoms with Crippen molar-refractivity contribution < 1.29 is 9.59 Å². The number of carbonyl (C=O) groups is 2. The van der Waals surface area contributed by atoms with E-state index in [9.17, 15) is 9.59 Å². The van der Waals surface area contributed by atoms with Gasteiger partial charge in [-0.05, 0) is 39.2 Å². The second kappa shape index (κ2) is 6.95. The molecule has 0 spiro atoms. The average Bonchev–Trinajstić information content (AvgIpc) is 3.05. The van der Waals surface area contributed by atoms with Gasteiger partial charge in [-0.15, -0.1) is 11.8 Å². The van der Waals surface area contributed by atoms with Gasteiger partial charge in [0.2, 0.25) is 11.8 Å². The molecule has 3 rings (SSSR count). The van der Waals surface area contributed by atoms with Crippen LogP contribution in [0.15, 0.2) is 6.07 Å². The Labute approximate surface area is 141 Å². The van der Waals surface area contributed by atoms with Crippen molar-refractivity contribution in [2.24, 2.45) is 0 Å². The fraction of sp³-hybridized carbons (Fsp3) is 0.688. The van der Waals surface area contributed by atoms with Gasteiger partial charge in [0.05, 0.1) is 29.9 Å². The Kier molecular flexibility index (Phi) is 4.94. The van der Waals surface area contributed by atoms with Crippen molar-refractivity contribution >= 4 is 23.6 Å². The van der Waals surface area contributed by atoms with Crippen molar-refractivity contribution in [3.8, 4) is 0 Å². The first kappa shape index (κ1) is 16.4. The summed E-state index contributed by atoms with van der Waals surface area (Å²) in [7, 11) is 0. The number of rotatable bonds is 4. The molecule has 1 unspecified atom stereocenters. The molecule has 0 N–H and O–H groups in total. The summed E-state index contributed by atoms with van der Waals surface area (Å²) in [4.78, 5) is 28.1. The first-order chi connectivity index (χ1) is 11.0. The van der Waals surface area contributed by atoms with Gasteiger partial charge in [-0.3, -0.25) is 14.3 Å². The number of nitrogens with zero attached hydrogens (tertiary/aromatic N) is 4. The fourth-order valence-corrected chi connectivity index (χ4v) is 4.28. The summed E-state index contributed by atoms with van der Waals surface area (Å²) >= 11 is 1.58. The summed E-state index contributed by atoms with van der Waals surface area (Å²) < 4.78 is 2.00. The van der Waals surface area contributed by atoms with Crippen molar-refractivity contribution in [1.82, 2.24) is 19.6 Å². The summed E-state index contributed by atoms with van der Waals surface area (Å²) in [6, 6.07) is 2.24. The highest BCUT2D eigenvalue weighted by Crippen LogP contribution is 2.21. The largest absolute Gasteiger partial charge is 0.336 e. The van der Waals surface area contributed by atoms with E-state index >= 15 is 0 Å². The molecule has 2 saturated heterocycles. The maximum absolute atomic E-state index is 12.7. The monoisotopic (exact) mass is 336 g/mol. The van der Waals surface area contributed by atoms with Gasteiger partial charge in [0.1, 0.15) is 6.54 Å². The minimum atomic E-state index is 0.0760. The van der Waals surface area contributed by atoms with Crippen molar-refractivity contribution in [2.45, 2.75) is 45.7 Å². The number of piperidine rings is 1. The Morgan fingerprint density at radius 3 is 2.87 bits per heavy atom. The van der Waals surface area contributed by atoms with E-state index in [1.54, 1.807) is 16.7 Å². The van der Waals surface area contributed by atoms with Crippen LogP contribution in [0.1, 0.15) is 30.7 Å². The lowest BCUT2D eigenvalue weighted by atomic mass is 10.0. The summed E-state index contributed by atoms with van der Waals surface area (Å²) in [6.07, 6.45) is 3.20. The van der Waals surface area contributed by atoms with E-state index in [1.807, 2.05) is 16.5 Å². The standard InChI is InChI=1S/C16H24N4O2S/c1-12-7-13(2)20(17-12)8-14-5-3-4-6-19(14)15(21)9-18-11-23-10-16(18)22/h7,14H,3-6,8-11H2,1-2H3. The first-order valence-corrected chi connectivity index (χ1v) is 9.36. The van der Waals surface area contributed by atoms with E-state index in [0.29, 0.717) is 11.6 Å². The number of amides is 2. The molecule has 2 aliphatic heterocycles. The Bertz CT molecular complexity index is 601. The molecule has 126 valence electrons. The van der Waals surface area contributed by atoms with E-state index in [0.717, 1.165) is 43.7 Å². The van der Waals surface area contributed by atoms with Gasteiger partial charge in [-0.1, -0.05) is 0 Å². The van der Waals surface area contributed by atoms with Gasteiger partial charge in [-0.2, -0.15) is 5.10 Å². The van der Waals surface area contributed by atoms with Gasteiger partial charge in [-0.25, -0.2) is 0 Å². The fourth-order valence-electron chi connectivity index (χ4n) is 3.37. The van der Waals surface area contributed by atoms with Crippen LogP contribution in [0.25, 0.3) is 0 Å². The summed E-state index contributed by atoms with van der Waals surface area (Å²) in [6.45, 7) is 5.80. The van der Waals surface area contributed by atoms with Crippen LogP contribution in [0.5, 0.6) is 0 Å². The molecular weight excluding hydrogens is 312 g/mol. The van der Waals surface area contributed by atoms with Gasteiger partial charge in [0, 0.05) is 12.2 Å². The smallest absolute Gasteiger partial charge is 0.242 e. The van der Waals surface area contributed by atoms with E-state index < -0.39 is 0 Å². The lowest BCUT2D eigenvalue weighted by Gasteiger charge is -2.36. The zero-order valence-electron chi connectivity index (χ0n) is 13.8. The number of aryl methyl sites for hydroxylation is 2. The number of carbonyl (C=O) groups excluding carboxylic acids is 2. The third kappa shape index (κ3) is 3.71. The maximum atomic E-state index is 12.7. The van der Waals surface area contributed by atoms with E-state index in [1.165, 1.54) is 0 Å². The summed E-state index contributed by atoms with van der Waals surface area (Å²) in [5.74, 6) is 1.30. The zero-order valence-corrected chi connectivity index (χ0v) is 14.6. The van der Waals surface area contributed by atoms with Crippen LogP contribution in [0.4, 0.5) is 0 Å². The molecule has 7 heteroatoms. The summed E-state index contributed by atoms with van der Waals surface area (Å²) in [5, 5.41) is 4.52. The third-order valence-corrected chi connectivity index (χ3v) is 5.53. The van der Waals surface area contributed by atoms with E-state index in [4.69, 9.17) is 0 Å². The quantitative estimate of drug-likeness (QED) is 0.834. The molecule has 0 saturated carbocycles.